The largest absolute Gasteiger partial charge is 0.489 e. The number of carbonyl (C=O) groups excluding carboxylic acids is 1. The highest BCUT2D eigenvalue weighted by Gasteiger charge is 2.10. The molecular formula is C22H18N2O3. The Balaban J connectivity index is 1.58. The summed E-state index contributed by atoms with van der Waals surface area (Å²) in [6.07, 6.45) is 0. The minimum absolute atomic E-state index is 0.371. The van der Waals surface area contributed by atoms with E-state index in [4.69, 9.17) is 9.47 Å². The van der Waals surface area contributed by atoms with E-state index in [0.29, 0.717) is 12.2 Å². The first kappa shape index (κ1) is 16.8. The second kappa shape index (κ2) is 7.33. The van der Waals surface area contributed by atoms with Gasteiger partial charge >= 0.3 is 5.97 Å². The number of H-pyrrole nitrogens is 1. The lowest BCUT2D eigenvalue weighted by atomic mass is 10.2. The maximum Gasteiger partial charge on any atom is 0.337 e. The van der Waals surface area contributed by atoms with Crippen molar-refractivity contribution in [3.05, 3.63) is 83.9 Å². The number of methoxy groups -OCH3 is 1. The van der Waals surface area contributed by atoms with Crippen molar-refractivity contribution in [3.8, 4) is 17.1 Å². The van der Waals surface area contributed by atoms with Gasteiger partial charge in [-0.15, -0.1) is 0 Å². The van der Waals surface area contributed by atoms with Crippen LogP contribution in [0.15, 0.2) is 72.8 Å². The molecule has 0 unspecified atom stereocenters. The quantitative estimate of drug-likeness (QED) is 0.530. The maximum absolute atomic E-state index is 11.7. The zero-order valence-corrected chi connectivity index (χ0v) is 14.8. The highest BCUT2D eigenvalue weighted by molar-refractivity contribution is 5.94. The maximum atomic E-state index is 11.7. The van der Waals surface area contributed by atoms with Gasteiger partial charge < -0.3 is 14.5 Å². The van der Waals surface area contributed by atoms with Crippen LogP contribution in [0.2, 0.25) is 0 Å². The van der Waals surface area contributed by atoms with Crippen molar-refractivity contribution in [1.29, 1.82) is 0 Å². The third-order valence-corrected chi connectivity index (χ3v) is 4.26. The van der Waals surface area contributed by atoms with E-state index in [0.717, 1.165) is 33.7 Å². The molecule has 0 fully saturated rings. The molecule has 0 saturated heterocycles. The summed E-state index contributed by atoms with van der Waals surface area (Å²) in [7, 11) is 1.37. The van der Waals surface area contributed by atoms with Crippen molar-refractivity contribution in [1.82, 2.24) is 9.97 Å². The number of carbonyl (C=O) groups is 1. The minimum atomic E-state index is -0.371. The Bertz CT molecular complexity index is 1090. The van der Waals surface area contributed by atoms with Crippen LogP contribution < -0.4 is 4.74 Å². The zero-order chi connectivity index (χ0) is 18.6. The number of imidazole rings is 1. The summed E-state index contributed by atoms with van der Waals surface area (Å²) in [5, 5.41) is 0. The number of aromatic amines is 1. The fraction of sp³-hybridized carbons (Fsp3) is 0.0909. The lowest BCUT2D eigenvalue weighted by molar-refractivity contribution is 0.0601. The molecule has 4 aromatic rings. The number of esters is 1. The number of benzene rings is 3. The number of nitrogens with zero attached hydrogens (tertiary/aromatic N) is 1. The number of hydrogen-bond donors (Lipinski definition) is 1. The van der Waals surface area contributed by atoms with Gasteiger partial charge in [0.25, 0.3) is 0 Å². The Morgan fingerprint density at radius 3 is 2.67 bits per heavy atom. The summed E-state index contributed by atoms with van der Waals surface area (Å²) in [5.41, 5.74) is 4.08. The molecule has 0 spiro atoms. The highest BCUT2D eigenvalue weighted by atomic mass is 16.5. The van der Waals surface area contributed by atoms with Gasteiger partial charge in [0, 0.05) is 5.56 Å². The second-order valence-corrected chi connectivity index (χ2v) is 6.11. The van der Waals surface area contributed by atoms with E-state index >= 15 is 0 Å². The molecule has 0 amide bonds. The molecule has 1 aromatic heterocycles. The molecule has 0 radical (unpaired) electrons. The van der Waals surface area contributed by atoms with Crippen molar-refractivity contribution in [2.75, 3.05) is 7.11 Å². The first-order valence-electron chi connectivity index (χ1n) is 8.58. The van der Waals surface area contributed by atoms with E-state index < -0.39 is 0 Å². The highest BCUT2D eigenvalue weighted by Crippen LogP contribution is 2.25. The van der Waals surface area contributed by atoms with Crippen molar-refractivity contribution >= 4 is 17.0 Å². The number of rotatable bonds is 5. The van der Waals surface area contributed by atoms with Crippen LogP contribution >= 0.6 is 0 Å². The smallest absolute Gasteiger partial charge is 0.337 e. The molecule has 0 aliphatic rings. The van der Waals surface area contributed by atoms with Gasteiger partial charge in [-0.1, -0.05) is 42.5 Å². The Morgan fingerprint density at radius 1 is 1.00 bits per heavy atom. The van der Waals surface area contributed by atoms with Crippen LogP contribution in [0.4, 0.5) is 0 Å². The average molecular weight is 358 g/mol. The number of aromatic nitrogens is 2. The Hall–Kier alpha value is -3.60. The van der Waals surface area contributed by atoms with Gasteiger partial charge in [0.05, 0.1) is 23.7 Å². The van der Waals surface area contributed by atoms with Crippen molar-refractivity contribution < 1.29 is 14.3 Å². The van der Waals surface area contributed by atoms with Gasteiger partial charge in [0.2, 0.25) is 0 Å². The Kier molecular flexibility index (Phi) is 4.58. The van der Waals surface area contributed by atoms with Gasteiger partial charge in [-0.2, -0.15) is 0 Å². The lowest BCUT2D eigenvalue weighted by Gasteiger charge is -2.07. The number of hydrogen-bond acceptors (Lipinski definition) is 4. The number of fused-ring (bicyclic) bond motifs is 1. The van der Waals surface area contributed by atoms with Gasteiger partial charge in [-0.25, -0.2) is 9.78 Å². The van der Waals surface area contributed by atoms with Crippen LogP contribution in [0, 0.1) is 0 Å². The normalized spacial score (nSPS) is 10.7. The molecule has 4 rings (SSSR count). The third kappa shape index (κ3) is 3.67. The SMILES string of the molecule is COC(=O)c1ccc2nc(-c3cccc(OCc4ccccc4)c3)[nH]c2c1. The standard InChI is InChI=1S/C22H18N2O3/c1-26-22(25)17-10-11-19-20(13-17)24-21(23-19)16-8-5-9-18(12-16)27-14-15-6-3-2-4-7-15/h2-13H,14H2,1H3,(H,23,24). The summed E-state index contributed by atoms with van der Waals surface area (Å²) in [6, 6.07) is 23.0. The van der Waals surface area contributed by atoms with Gasteiger partial charge in [0.15, 0.2) is 0 Å². The van der Waals surface area contributed by atoms with Crippen LogP contribution in [-0.2, 0) is 11.3 Å². The molecule has 1 N–H and O–H groups in total. The van der Waals surface area contributed by atoms with Crippen LogP contribution in [0.3, 0.4) is 0 Å². The molecular weight excluding hydrogens is 340 g/mol. The van der Waals surface area contributed by atoms with E-state index in [1.807, 2.05) is 54.6 Å². The third-order valence-electron chi connectivity index (χ3n) is 4.26. The summed E-state index contributed by atoms with van der Waals surface area (Å²) < 4.78 is 10.7. The first-order chi connectivity index (χ1) is 13.2. The van der Waals surface area contributed by atoms with Gasteiger partial charge in [-0.3, -0.25) is 0 Å². The molecule has 0 atom stereocenters. The Morgan fingerprint density at radius 2 is 1.85 bits per heavy atom. The van der Waals surface area contributed by atoms with Crippen LogP contribution in [0.25, 0.3) is 22.4 Å². The molecule has 27 heavy (non-hydrogen) atoms. The van der Waals surface area contributed by atoms with E-state index in [1.54, 1.807) is 18.2 Å². The van der Waals surface area contributed by atoms with Crippen LogP contribution in [-0.4, -0.2) is 23.0 Å². The summed E-state index contributed by atoms with van der Waals surface area (Å²) in [5.74, 6) is 1.12. The second-order valence-electron chi connectivity index (χ2n) is 6.11. The molecule has 5 nitrogen and oxygen atoms in total. The van der Waals surface area contributed by atoms with Crippen LogP contribution in [0.1, 0.15) is 15.9 Å². The van der Waals surface area contributed by atoms with Gasteiger partial charge in [-0.05, 0) is 35.9 Å². The predicted molar refractivity (Wildman–Crippen MR) is 104 cm³/mol. The van der Waals surface area contributed by atoms with Crippen molar-refractivity contribution in [2.45, 2.75) is 6.61 Å². The van der Waals surface area contributed by atoms with Gasteiger partial charge in [0.1, 0.15) is 18.2 Å². The number of nitrogens with one attached hydrogen (secondary N) is 1. The summed E-state index contributed by atoms with van der Waals surface area (Å²) in [6.45, 7) is 0.507. The zero-order valence-electron chi connectivity index (χ0n) is 14.8. The molecule has 134 valence electrons. The molecule has 0 saturated carbocycles. The molecule has 0 aliphatic heterocycles. The van der Waals surface area contributed by atoms with E-state index in [1.165, 1.54) is 7.11 Å². The Labute approximate surface area is 156 Å². The summed E-state index contributed by atoms with van der Waals surface area (Å²) in [4.78, 5) is 19.6. The lowest BCUT2D eigenvalue weighted by Crippen LogP contribution is -2.00. The van der Waals surface area contributed by atoms with E-state index in [2.05, 4.69) is 9.97 Å². The monoisotopic (exact) mass is 358 g/mol. The summed E-state index contributed by atoms with van der Waals surface area (Å²) >= 11 is 0. The number of ether oxygens (including phenoxy) is 2. The van der Waals surface area contributed by atoms with Crippen molar-refractivity contribution in [3.63, 3.8) is 0 Å². The average Bonchev–Trinajstić information content (AvgIpc) is 3.16. The molecule has 0 bridgehead atoms. The molecule has 0 aliphatic carbocycles. The molecule has 3 aromatic carbocycles. The van der Waals surface area contributed by atoms with E-state index in [-0.39, 0.29) is 5.97 Å². The topological polar surface area (TPSA) is 64.2 Å². The fourth-order valence-electron chi connectivity index (χ4n) is 2.87. The van der Waals surface area contributed by atoms with E-state index in [9.17, 15) is 4.79 Å². The minimum Gasteiger partial charge on any atom is -0.489 e. The molecule has 1 heterocycles. The predicted octanol–water partition coefficient (Wildman–Crippen LogP) is 4.60. The van der Waals surface area contributed by atoms with Crippen LogP contribution in [0.5, 0.6) is 5.75 Å². The van der Waals surface area contributed by atoms with Crippen molar-refractivity contribution in [2.24, 2.45) is 0 Å². The first-order valence-corrected chi connectivity index (χ1v) is 8.58. The molecule has 5 heteroatoms. The fourth-order valence-corrected chi connectivity index (χ4v) is 2.87.